The van der Waals surface area contributed by atoms with Crippen molar-refractivity contribution >= 4 is 0 Å². The average Bonchev–Trinajstić information content (AvgIpc) is 2.44. The molecule has 1 saturated heterocycles. The molecule has 4 nitrogen and oxygen atoms in total. The van der Waals surface area contributed by atoms with Gasteiger partial charge in [-0.05, 0) is 12.5 Å². The van der Waals surface area contributed by atoms with Gasteiger partial charge in [0.15, 0.2) is 0 Å². The summed E-state index contributed by atoms with van der Waals surface area (Å²) in [7, 11) is 0. The third-order valence-corrected chi connectivity index (χ3v) is 2.51. The summed E-state index contributed by atoms with van der Waals surface area (Å²) in [5.41, 5.74) is 1.06. The molecule has 1 fully saturated rings. The summed E-state index contributed by atoms with van der Waals surface area (Å²) in [4.78, 5) is 0. The first-order valence-electron chi connectivity index (χ1n) is 4.36. The molecule has 0 aliphatic carbocycles. The summed E-state index contributed by atoms with van der Waals surface area (Å²) in [6, 6.07) is 2.22. The normalized spacial score (nSPS) is 19.1. The molecule has 0 saturated carbocycles. The Bertz CT molecular complexity index is 343. The van der Waals surface area contributed by atoms with Gasteiger partial charge in [-0.3, -0.25) is 4.68 Å². The van der Waals surface area contributed by atoms with Crippen LogP contribution in [-0.2, 0) is 5.54 Å². The van der Waals surface area contributed by atoms with Crippen molar-refractivity contribution in [2.24, 2.45) is 0 Å². The van der Waals surface area contributed by atoms with E-state index in [1.807, 2.05) is 24.0 Å². The molecule has 4 heteroatoms. The van der Waals surface area contributed by atoms with E-state index in [-0.39, 0.29) is 5.54 Å². The first-order valence-corrected chi connectivity index (χ1v) is 4.36. The maximum absolute atomic E-state index is 8.72. The topological polar surface area (TPSA) is 53.6 Å². The van der Waals surface area contributed by atoms with E-state index in [9.17, 15) is 0 Å². The zero-order valence-electron chi connectivity index (χ0n) is 7.62. The van der Waals surface area contributed by atoms with Gasteiger partial charge < -0.3 is 5.32 Å². The summed E-state index contributed by atoms with van der Waals surface area (Å²) in [6.07, 6.45) is 4.36. The summed E-state index contributed by atoms with van der Waals surface area (Å²) in [6.45, 7) is 3.71. The maximum atomic E-state index is 8.72. The second-order valence-electron chi connectivity index (χ2n) is 3.63. The number of aryl methyl sites for hydroxylation is 1. The molecule has 1 aliphatic rings. The Morgan fingerprint density at radius 3 is 2.92 bits per heavy atom. The smallest absolute Gasteiger partial charge is 0.100 e. The summed E-state index contributed by atoms with van der Waals surface area (Å²) in [5, 5.41) is 16.2. The Hall–Kier alpha value is -1.34. The second kappa shape index (κ2) is 2.86. The molecule has 0 amide bonds. The minimum Gasteiger partial charge on any atom is -0.312 e. The Kier molecular flexibility index (Phi) is 1.82. The molecule has 0 atom stereocenters. The van der Waals surface area contributed by atoms with Crippen LogP contribution in [-0.4, -0.2) is 22.9 Å². The number of nitriles is 1. The molecule has 68 valence electrons. The van der Waals surface area contributed by atoms with Crippen LogP contribution in [0.25, 0.3) is 0 Å². The van der Waals surface area contributed by atoms with Gasteiger partial charge in [0.25, 0.3) is 0 Å². The standard InChI is InChI=1S/C9H12N4/c1-8-4-12-13(5-8)9(2-3-10)6-11-7-9/h4-5,11H,2,6-7H2,1H3. The number of hydrogen-bond donors (Lipinski definition) is 1. The minimum absolute atomic E-state index is 0.0803. The van der Waals surface area contributed by atoms with Crippen LogP contribution in [0.3, 0.4) is 0 Å². The van der Waals surface area contributed by atoms with E-state index >= 15 is 0 Å². The zero-order valence-corrected chi connectivity index (χ0v) is 7.62. The quantitative estimate of drug-likeness (QED) is 0.709. The van der Waals surface area contributed by atoms with Crippen LogP contribution >= 0.6 is 0 Å². The molecule has 1 aromatic rings. The van der Waals surface area contributed by atoms with E-state index in [4.69, 9.17) is 5.26 Å². The highest BCUT2D eigenvalue weighted by molar-refractivity contribution is 5.09. The molecule has 1 N–H and O–H groups in total. The maximum Gasteiger partial charge on any atom is 0.100 e. The molecule has 1 aliphatic heterocycles. The Labute approximate surface area is 77.2 Å². The van der Waals surface area contributed by atoms with Gasteiger partial charge in [0.1, 0.15) is 5.54 Å². The second-order valence-corrected chi connectivity index (χ2v) is 3.63. The van der Waals surface area contributed by atoms with Gasteiger partial charge in [-0.2, -0.15) is 10.4 Å². The van der Waals surface area contributed by atoms with Gasteiger partial charge >= 0.3 is 0 Å². The fourth-order valence-electron chi connectivity index (χ4n) is 1.60. The summed E-state index contributed by atoms with van der Waals surface area (Å²) >= 11 is 0. The molecule has 2 rings (SSSR count). The lowest BCUT2D eigenvalue weighted by Crippen LogP contribution is -2.60. The molecular weight excluding hydrogens is 164 g/mol. The zero-order chi connectivity index (χ0) is 9.31. The van der Waals surface area contributed by atoms with Gasteiger partial charge in [0.2, 0.25) is 0 Å². The van der Waals surface area contributed by atoms with Gasteiger partial charge in [-0.1, -0.05) is 0 Å². The van der Waals surface area contributed by atoms with E-state index in [0.29, 0.717) is 6.42 Å². The lowest BCUT2D eigenvalue weighted by Gasteiger charge is -2.41. The molecule has 0 bridgehead atoms. The van der Waals surface area contributed by atoms with Crippen molar-refractivity contribution in [3.05, 3.63) is 18.0 Å². The van der Waals surface area contributed by atoms with Gasteiger partial charge in [-0.15, -0.1) is 0 Å². The monoisotopic (exact) mass is 176 g/mol. The first kappa shape index (κ1) is 8.27. The molecular formula is C9H12N4. The third kappa shape index (κ3) is 1.21. The summed E-state index contributed by atoms with van der Waals surface area (Å²) < 4.78 is 1.92. The highest BCUT2D eigenvalue weighted by atomic mass is 15.4. The number of rotatable bonds is 2. The van der Waals surface area contributed by atoms with Gasteiger partial charge in [-0.25, -0.2) is 0 Å². The van der Waals surface area contributed by atoms with E-state index < -0.39 is 0 Å². The van der Waals surface area contributed by atoms with Crippen LogP contribution in [0.5, 0.6) is 0 Å². The predicted octanol–water partition coefficient (Wildman–Crippen LogP) is 0.404. The van der Waals surface area contributed by atoms with E-state index in [1.165, 1.54) is 0 Å². The lowest BCUT2D eigenvalue weighted by molar-refractivity contribution is 0.160. The highest BCUT2D eigenvalue weighted by Crippen LogP contribution is 2.24. The van der Waals surface area contributed by atoms with Crippen LogP contribution in [0, 0.1) is 18.3 Å². The van der Waals surface area contributed by atoms with Crippen molar-refractivity contribution in [3.63, 3.8) is 0 Å². The average molecular weight is 176 g/mol. The van der Waals surface area contributed by atoms with Crippen molar-refractivity contribution in [2.45, 2.75) is 18.9 Å². The van der Waals surface area contributed by atoms with Crippen molar-refractivity contribution in [2.75, 3.05) is 13.1 Å². The fraction of sp³-hybridized carbons (Fsp3) is 0.556. The van der Waals surface area contributed by atoms with Crippen molar-refractivity contribution in [1.29, 1.82) is 5.26 Å². The minimum atomic E-state index is -0.0803. The SMILES string of the molecule is Cc1cnn(C2(CC#N)CNC2)c1. The van der Waals surface area contributed by atoms with E-state index in [1.54, 1.807) is 0 Å². The molecule has 0 unspecified atom stereocenters. The van der Waals surface area contributed by atoms with E-state index in [0.717, 1.165) is 18.7 Å². The number of hydrogen-bond acceptors (Lipinski definition) is 3. The van der Waals surface area contributed by atoms with Crippen molar-refractivity contribution in [3.8, 4) is 6.07 Å². The largest absolute Gasteiger partial charge is 0.312 e. The highest BCUT2D eigenvalue weighted by Gasteiger charge is 2.39. The number of nitrogens with zero attached hydrogens (tertiary/aromatic N) is 3. The van der Waals surface area contributed by atoms with Crippen LogP contribution < -0.4 is 5.32 Å². The third-order valence-electron chi connectivity index (χ3n) is 2.51. The first-order chi connectivity index (χ1) is 6.27. The van der Waals surface area contributed by atoms with Crippen molar-refractivity contribution < 1.29 is 0 Å². The Balaban J connectivity index is 2.27. The molecule has 2 heterocycles. The Morgan fingerprint density at radius 1 is 1.77 bits per heavy atom. The predicted molar refractivity (Wildman–Crippen MR) is 48.0 cm³/mol. The summed E-state index contributed by atoms with van der Waals surface area (Å²) in [5.74, 6) is 0. The fourth-order valence-corrected chi connectivity index (χ4v) is 1.60. The van der Waals surface area contributed by atoms with Crippen LogP contribution in [0.4, 0.5) is 0 Å². The molecule has 13 heavy (non-hydrogen) atoms. The molecule has 0 spiro atoms. The lowest BCUT2D eigenvalue weighted by atomic mass is 9.89. The molecule has 0 radical (unpaired) electrons. The molecule has 1 aromatic heterocycles. The van der Waals surface area contributed by atoms with Crippen molar-refractivity contribution in [1.82, 2.24) is 15.1 Å². The molecule has 0 aromatic carbocycles. The Morgan fingerprint density at radius 2 is 2.54 bits per heavy atom. The number of aromatic nitrogens is 2. The van der Waals surface area contributed by atoms with Gasteiger partial charge in [0, 0.05) is 19.3 Å². The van der Waals surface area contributed by atoms with Crippen LogP contribution in [0.1, 0.15) is 12.0 Å². The number of nitrogens with one attached hydrogen (secondary N) is 1. The van der Waals surface area contributed by atoms with Crippen LogP contribution in [0.15, 0.2) is 12.4 Å². The van der Waals surface area contributed by atoms with Gasteiger partial charge in [0.05, 0.1) is 18.7 Å². The van der Waals surface area contributed by atoms with Crippen LogP contribution in [0.2, 0.25) is 0 Å². The van der Waals surface area contributed by atoms with E-state index in [2.05, 4.69) is 16.5 Å².